The molecule has 0 aliphatic carbocycles. The van der Waals surface area contributed by atoms with Gasteiger partial charge in [-0.25, -0.2) is 4.63 Å². The van der Waals surface area contributed by atoms with Crippen molar-refractivity contribution < 1.29 is 14.3 Å². The molecule has 2 rings (SSSR count). The number of rotatable bonds is 2. The van der Waals surface area contributed by atoms with E-state index >= 15 is 0 Å². The Bertz CT molecular complexity index is 407. The molecule has 2 heterocycles. The smallest absolute Gasteiger partial charge is 0.198 e. The summed E-state index contributed by atoms with van der Waals surface area (Å²) in [6.07, 6.45) is 1.31. The molecular weight excluding hydrogens is 176 g/mol. The van der Waals surface area contributed by atoms with E-state index in [0.717, 1.165) is 0 Å². The van der Waals surface area contributed by atoms with Crippen molar-refractivity contribution in [2.24, 2.45) is 0 Å². The predicted molar refractivity (Wildman–Crippen MR) is 40.1 cm³/mol. The summed E-state index contributed by atoms with van der Waals surface area (Å²) in [5.41, 5.74) is 6.54. The van der Waals surface area contributed by atoms with Crippen LogP contribution in [-0.4, -0.2) is 20.6 Å². The Kier molecular flexibility index (Phi) is 1.71. The van der Waals surface area contributed by atoms with Crippen LogP contribution >= 0.6 is 0 Å². The fraction of sp³-hybridized carbons (Fsp3) is 0.167. The number of nitrogen functional groups attached to an aromatic ring is 1. The molecule has 7 heteroatoms. The van der Waals surface area contributed by atoms with Gasteiger partial charge in [-0.1, -0.05) is 5.16 Å². The molecule has 0 saturated heterocycles. The van der Waals surface area contributed by atoms with E-state index in [1.54, 1.807) is 0 Å². The first-order chi connectivity index (χ1) is 6.33. The van der Waals surface area contributed by atoms with Crippen LogP contribution in [0, 0.1) is 0 Å². The van der Waals surface area contributed by atoms with Crippen LogP contribution in [0.1, 0.15) is 5.56 Å². The zero-order valence-electron chi connectivity index (χ0n) is 6.47. The van der Waals surface area contributed by atoms with Gasteiger partial charge in [0.1, 0.15) is 12.0 Å². The molecule has 2 aromatic rings. The van der Waals surface area contributed by atoms with E-state index in [0.29, 0.717) is 11.3 Å². The van der Waals surface area contributed by atoms with Gasteiger partial charge in [0.15, 0.2) is 11.5 Å². The minimum Gasteiger partial charge on any atom is -0.391 e. The van der Waals surface area contributed by atoms with Gasteiger partial charge in [-0.3, -0.25) is 0 Å². The molecule has 0 aromatic carbocycles. The minimum absolute atomic E-state index is 0.114. The molecule has 13 heavy (non-hydrogen) atoms. The number of hydrogen-bond donors (Lipinski definition) is 2. The monoisotopic (exact) mass is 182 g/mol. The predicted octanol–water partition coefficient (Wildman–Crippen LogP) is -0.201. The van der Waals surface area contributed by atoms with Crippen molar-refractivity contribution >= 4 is 5.82 Å². The van der Waals surface area contributed by atoms with Gasteiger partial charge in [0.25, 0.3) is 0 Å². The van der Waals surface area contributed by atoms with Crippen LogP contribution in [0.2, 0.25) is 0 Å². The highest BCUT2D eigenvalue weighted by Crippen LogP contribution is 2.23. The highest BCUT2D eigenvalue weighted by molar-refractivity contribution is 5.67. The summed E-state index contributed by atoms with van der Waals surface area (Å²) in [6, 6.07) is 0. The molecule has 0 amide bonds. The Morgan fingerprint density at radius 2 is 2.15 bits per heavy atom. The summed E-state index contributed by atoms with van der Waals surface area (Å²) in [7, 11) is 0. The van der Waals surface area contributed by atoms with Crippen LogP contribution in [0.15, 0.2) is 15.4 Å². The van der Waals surface area contributed by atoms with Gasteiger partial charge in [-0.2, -0.15) is 0 Å². The highest BCUT2D eigenvalue weighted by atomic mass is 16.6. The molecule has 2 aromatic heterocycles. The Hall–Kier alpha value is -1.89. The molecule has 0 aliphatic heterocycles. The number of aliphatic hydroxyl groups excluding tert-OH is 1. The van der Waals surface area contributed by atoms with Crippen LogP contribution in [0.25, 0.3) is 11.4 Å². The first-order valence-electron chi connectivity index (χ1n) is 3.45. The van der Waals surface area contributed by atoms with Gasteiger partial charge >= 0.3 is 0 Å². The summed E-state index contributed by atoms with van der Waals surface area (Å²) in [5.74, 6) is 0.114. The standard InChI is InChI=1S/C6H6N4O3/c7-6-5(9-13-10-6)4-3(1-11)2-12-8-4/h2,11H,1H2,(H2,7,10). The molecule has 0 bridgehead atoms. The SMILES string of the molecule is Nc1nonc1-c1nocc1CO. The van der Waals surface area contributed by atoms with Crippen LogP contribution in [0.5, 0.6) is 0 Å². The molecule has 0 radical (unpaired) electrons. The highest BCUT2D eigenvalue weighted by Gasteiger charge is 2.16. The summed E-state index contributed by atoms with van der Waals surface area (Å²) >= 11 is 0. The second-order valence-corrected chi connectivity index (χ2v) is 2.34. The Morgan fingerprint density at radius 1 is 1.31 bits per heavy atom. The summed E-state index contributed by atoms with van der Waals surface area (Å²) in [4.78, 5) is 0. The fourth-order valence-corrected chi connectivity index (χ4v) is 0.924. The van der Waals surface area contributed by atoms with Crippen molar-refractivity contribution in [3.05, 3.63) is 11.8 Å². The van der Waals surface area contributed by atoms with Crippen molar-refractivity contribution in [3.63, 3.8) is 0 Å². The second-order valence-electron chi connectivity index (χ2n) is 2.34. The lowest BCUT2D eigenvalue weighted by molar-refractivity contribution is 0.280. The van der Waals surface area contributed by atoms with E-state index in [4.69, 9.17) is 10.8 Å². The number of aromatic nitrogens is 3. The average molecular weight is 182 g/mol. The lowest BCUT2D eigenvalue weighted by Gasteiger charge is -1.90. The van der Waals surface area contributed by atoms with Crippen molar-refractivity contribution in [2.75, 3.05) is 5.73 Å². The first kappa shape index (κ1) is 7.74. The van der Waals surface area contributed by atoms with Crippen molar-refractivity contribution in [1.82, 2.24) is 15.5 Å². The Morgan fingerprint density at radius 3 is 2.77 bits per heavy atom. The molecule has 0 fully saturated rings. The second kappa shape index (κ2) is 2.87. The largest absolute Gasteiger partial charge is 0.391 e. The number of nitrogens with zero attached hydrogens (tertiary/aromatic N) is 3. The maximum atomic E-state index is 8.88. The molecule has 0 aliphatic rings. The topological polar surface area (TPSA) is 111 Å². The number of hydrogen-bond acceptors (Lipinski definition) is 7. The van der Waals surface area contributed by atoms with Crippen molar-refractivity contribution in [2.45, 2.75) is 6.61 Å². The fourth-order valence-electron chi connectivity index (χ4n) is 0.924. The first-order valence-corrected chi connectivity index (χ1v) is 3.45. The Balaban J connectivity index is 2.52. The van der Waals surface area contributed by atoms with Crippen LogP contribution in [0.4, 0.5) is 5.82 Å². The summed E-state index contributed by atoms with van der Waals surface area (Å²) in [6.45, 7) is -0.203. The Labute approximate surface area is 72.1 Å². The normalized spacial score (nSPS) is 10.5. The van der Waals surface area contributed by atoms with Crippen LogP contribution < -0.4 is 5.73 Å². The van der Waals surface area contributed by atoms with Crippen molar-refractivity contribution in [3.8, 4) is 11.4 Å². The van der Waals surface area contributed by atoms with Gasteiger partial charge in [-0.05, 0) is 10.3 Å². The van der Waals surface area contributed by atoms with E-state index in [2.05, 4.69) is 24.6 Å². The van der Waals surface area contributed by atoms with Gasteiger partial charge in [0, 0.05) is 5.56 Å². The molecule has 3 N–H and O–H groups in total. The number of anilines is 1. The molecule has 7 nitrogen and oxygen atoms in total. The third kappa shape index (κ3) is 1.14. The van der Waals surface area contributed by atoms with E-state index in [1.165, 1.54) is 6.26 Å². The third-order valence-electron chi connectivity index (χ3n) is 1.55. The molecule has 0 unspecified atom stereocenters. The zero-order chi connectivity index (χ0) is 9.26. The van der Waals surface area contributed by atoms with E-state index in [9.17, 15) is 0 Å². The summed E-state index contributed by atoms with van der Waals surface area (Å²) in [5, 5.41) is 19.4. The lowest BCUT2D eigenvalue weighted by Crippen LogP contribution is -1.91. The molecule has 0 atom stereocenters. The van der Waals surface area contributed by atoms with E-state index < -0.39 is 0 Å². The van der Waals surface area contributed by atoms with Crippen LogP contribution in [-0.2, 0) is 6.61 Å². The number of aliphatic hydroxyl groups is 1. The van der Waals surface area contributed by atoms with Gasteiger partial charge in [-0.15, -0.1) is 0 Å². The average Bonchev–Trinajstić information content (AvgIpc) is 2.71. The van der Waals surface area contributed by atoms with E-state index in [1.807, 2.05) is 0 Å². The van der Waals surface area contributed by atoms with Crippen LogP contribution in [0.3, 0.4) is 0 Å². The molecule has 0 saturated carbocycles. The minimum atomic E-state index is -0.203. The van der Waals surface area contributed by atoms with Gasteiger partial charge in [0.05, 0.1) is 6.61 Å². The zero-order valence-corrected chi connectivity index (χ0v) is 6.47. The lowest BCUT2D eigenvalue weighted by atomic mass is 10.2. The van der Waals surface area contributed by atoms with Crippen molar-refractivity contribution in [1.29, 1.82) is 0 Å². The number of nitrogens with two attached hydrogens (primary N) is 1. The molecule has 68 valence electrons. The summed E-state index contributed by atoms with van der Waals surface area (Å²) < 4.78 is 9.02. The van der Waals surface area contributed by atoms with Gasteiger partial charge < -0.3 is 15.4 Å². The molecule has 0 spiro atoms. The van der Waals surface area contributed by atoms with Gasteiger partial charge in [0.2, 0.25) is 0 Å². The quantitative estimate of drug-likeness (QED) is 0.661. The molecular formula is C6H6N4O3. The van der Waals surface area contributed by atoms with E-state index in [-0.39, 0.29) is 18.1 Å². The maximum Gasteiger partial charge on any atom is 0.198 e. The third-order valence-corrected chi connectivity index (χ3v) is 1.55. The maximum absolute atomic E-state index is 8.88.